The number of nitrogens with zero attached hydrogens (tertiary/aromatic N) is 2. The van der Waals surface area contributed by atoms with Gasteiger partial charge in [0.1, 0.15) is 0 Å². The lowest BCUT2D eigenvalue weighted by Gasteiger charge is -2.10. The van der Waals surface area contributed by atoms with E-state index in [4.69, 9.17) is 5.14 Å². The SMILES string of the molecule is Cc1ccc(S(N)(=O)=O)cc1NS(=O)(=O)c1cn(C)cn1. The Morgan fingerprint density at radius 2 is 1.90 bits per heavy atom. The first-order valence-corrected chi connectivity index (χ1v) is 8.77. The molecule has 0 saturated heterocycles. The molecule has 3 N–H and O–H groups in total. The number of primary sulfonamides is 1. The van der Waals surface area contributed by atoms with E-state index in [-0.39, 0.29) is 15.6 Å². The van der Waals surface area contributed by atoms with Crippen LogP contribution < -0.4 is 9.86 Å². The van der Waals surface area contributed by atoms with Gasteiger partial charge in [-0.2, -0.15) is 8.42 Å². The van der Waals surface area contributed by atoms with Gasteiger partial charge in [0.15, 0.2) is 5.03 Å². The van der Waals surface area contributed by atoms with E-state index in [0.717, 1.165) is 0 Å². The quantitative estimate of drug-likeness (QED) is 0.827. The molecular weight excluding hydrogens is 316 g/mol. The van der Waals surface area contributed by atoms with Gasteiger partial charge >= 0.3 is 0 Å². The number of hydrogen-bond acceptors (Lipinski definition) is 5. The molecule has 0 aliphatic heterocycles. The third-order valence-electron chi connectivity index (χ3n) is 2.74. The highest BCUT2D eigenvalue weighted by molar-refractivity contribution is 7.92. The molecule has 0 atom stereocenters. The molecule has 0 spiro atoms. The Hall–Kier alpha value is -1.91. The molecule has 0 saturated carbocycles. The summed E-state index contributed by atoms with van der Waals surface area (Å²) in [4.78, 5) is 3.58. The second-order valence-electron chi connectivity index (χ2n) is 4.50. The van der Waals surface area contributed by atoms with E-state index >= 15 is 0 Å². The van der Waals surface area contributed by atoms with Crippen LogP contribution in [0.15, 0.2) is 40.6 Å². The first-order valence-electron chi connectivity index (χ1n) is 5.74. The number of imidazole rings is 1. The molecule has 114 valence electrons. The van der Waals surface area contributed by atoms with Gasteiger partial charge in [0.2, 0.25) is 10.0 Å². The maximum atomic E-state index is 12.2. The van der Waals surface area contributed by atoms with Crippen LogP contribution in [0.5, 0.6) is 0 Å². The third-order valence-corrected chi connectivity index (χ3v) is 4.90. The van der Waals surface area contributed by atoms with E-state index in [1.165, 1.54) is 35.3 Å². The van der Waals surface area contributed by atoms with Gasteiger partial charge in [-0.15, -0.1) is 0 Å². The highest BCUT2D eigenvalue weighted by Crippen LogP contribution is 2.22. The van der Waals surface area contributed by atoms with Crippen molar-refractivity contribution in [3.63, 3.8) is 0 Å². The summed E-state index contributed by atoms with van der Waals surface area (Å²) in [6, 6.07) is 3.95. The Balaban J connectivity index is 2.44. The van der Waals surface area contributed by atoms with Crippen LogP contribution >= 0.6 is 0 Å². The predicted molar refractivity (Wildman–Crippen MR) is 76.6 cm³/mol. The molecule has 1 aromatic heterocycles. The molecule has 2 aromatic rings. The van der Waals surface area contributed by atoms with Crippen molar-refractivity contribution in [3.05, 3.63) is 36.3 Å². The number of sulfonamides is 2. The molecule has 0 aliphatic carbocycles. The van der Waals surface area contributed by atoms with Gasteiger partial charge in [-0.05, 0) is 24.6 Å². The van der Waals surface area contributed by atoms with Gasteiger partial charge in [0, 0.05) is 13.2 Å². The summed E-state index contributed by atoms with van der Waals surface area (Å²) < 4.78 is 50.8. The summed E-state index contributed by atoms with van der Waals surface area (Å²) in [6.07, 6.45) is 2.68. The van der Waals surface area contributed by atoms with Crippen LogP contribution in [0.3, 0.4) is 0 Å². The van der Waals surface area contributed by atoms with Crippen LogP contribution in [0.2, 0.25) is 0 Å². The fourth-order valence-corrected chi connectivity index (χ4v) is 3.26. The number of nitrogens with one attached hydrogen (secondary N) is 1. The summed E-state index contributed by atoms with van der Waals surface area (Å²) in [7, 11) is -6.17. The molecule has 10 heteroatoms. The average Bonchev–Trinajstić information content (AvgIpc) is 2.78. The Labute approximate surface area is 122 Å². The topological polar surface area (TPSA) is 124 Å². The van der Waals surface area contributed by atoms with Gasteiger partial charge < -0.3 is 4.57 Å². The monoisotopic (exact) mass is 330 g/mol. The zero-order valence-corrected chi connectivity index (χ0v) is 12.9. The van der Waals surface area contributed by atoms with Crippen LogP contribution in [-0.4, -0.2) is 26.4 Å². The lowest BCUT2D eigenvalue weighted by atomic mass is 10.2. The molecule has 0 unspecified atom stereocenters. The van der Waals surface area contributed by atoms with Crippen LogP contribution in [-0.2, 0) is 27.1 Å². The molecule has 0 radical (unpaired) electrons. The minimum absolute atomic E-state index is 0.132. The van der Waals surface area contributed by atoms with E-state index in [2.05, 4.69) is 9.71 Å². The van der Waals surface area contributed by atoms with Crippen LogP contribution in [0.1, 0.15) is 5.56 Å². The van der Waals surface area contributed by atoms with Gasteiger partial charge in [0.25, 0.3) is 10.0 Å². The number of aryl methyl sites for hydroxylation is 2. The molecule has 1 aromatic carbocycles. The number of benzene rings is 1. The van der Waals surface area contributed by atoms with Crippen LogP contribution in [0, 0.1) is 6.92 Å². The van der Waals surface area contributed by atoms with Crippen LogP contribution in [0.4, 0.5) is 5.69 Å². The van der Waals surface area contributed by atoms with E-state index < -0.39 is 20.0 Å². The Bertz CT molecular complexity index is 885. The lowest BCUT2D eigenvalue weighted by Crippen LogP contribution is -2.16. The van der Waals surface area contributed by atoms with Crippen molar-refractivity contribution >= 4 is 25.7 Å². The minimum Gasteiger partial charge on any atom is -0.339 e. The highest BCUT2D eigenvalue weighted by Gasteiger charge is 2.19. The summed E-state index contributed by atoms with van der Waals surface area (Å²) in [5.41, 5.74) is 0.689. The van der Waals surface area contributed by atoms with Gasteiger partial charge in [-0.1, -0.05) is 6.07 Å². The normalized spacial score (nSPS) is 12.3. The minimum atomic E-state index is -3.91. The number of anilines is 1. The number of hydrogen-bond donors (Lipinski definition) is 2. The number of rotatable bonds is 4. The van der Waals surface area contributed by atoms with Crippen molar-refractivity contribution in [3.8, 4) is 0 Å². The Kier molecular flexibility index (Phi) is 3.78. The molecular formula is C11H14N4O4S2. The van der Waals surface area contributed by atoms with Crippen molar-refractivity contribution in [2.24, 2.45) is 12.2 Å². The maximum absolute atomic E-state index is 12.2. The fourth-order valence-electron chi connectivity index (χ4n) is 1.61. The first-order chi connectivity index (χ1) is 9.59. The second-order valence-corrected chi connectivity index (χ2v) is 7.70. The van der Waals surface area contributed by atoms with Crippen molar-refractivity contribution in [2.45, 2.75) is 16.8 Å². The second kappa shape index (κ2) is 5.13. The molecule has 21 heavy (non-hydrogen) atoms. The predicted octanol–water partition coefficient (Wildman–Crippen LogP) is 0.177. The van der Waals surface area contributed by atoms with E-state index in [9.17, 15) is 16.8 Å². The summed E-state index contributed by atoms with van der Waals surface area (Å²) >= 11 is 0. The third kappa shape index (κ3) is 3.40. The van der Waals surface area contributed by atoms with E-state index in [0.29, 0.717) is 5.56 Å². The highest BCUT2D eigenvalue weighted by atomic mass is 32.2. The Morgan fingerprint density at radius 1 is 1.24 bits per heavy atom. The Morgan fingerprint density at radius 3 is 2.43 bits per heavy atom. The van der Waals surface area contributed by atoms with Crippen molar-refractivity contribution in [1.29, 1.82) is 0 Å². The van der Waals surface area contributed by atoms with E-state index in [1.807, 2.05) is 0 Å². The largest absolute Gasteiger partial charge is 0.339 e. The van der Waals surface area contributed by atoms with Crippen molar-refractivity contribution < 1.29 is 16.8 Å². The molecule has 0 aliphatic rings. The first kappa shape index (κ1) is 15.5. The number of aromatic nitrogens is 2. The summed E-state index contributed by atoms with van der Waals surface area (Å²) in [5.74, 6) is 0. The van der Waals surface area contributed by atoms with Gasteiger partial charge in [-0.3, -0.25) is 4.72 Å². The number of nitrogens with two attached hydrogens (primary N) is 1. The smallest absolute Gasteiger partial charge is 0.280 e. The molecule has 2 rings (SSSR count). The molecule has 0 fully saturated rings. The van der Waals surface area contributed by atoms with E-state index in [1.54, 1.807) is 14.0 Å². The summed E-state index contributed by atoms with van der Waals surface area (Å²) in [5, 5.41) is 4.87. The van der Waals surface area contributed by atoms with Gasteiger partial charge in [-0.25, -0.2) is 18.5 Å². The molecule has 0 amide bonds. The lowest BCUT2D eigenvalue weighted by molar-refractivity contribution is 0.595. The average molecular weight is 330 g/mol. The molecule has 0 bridgehead atoms. The zero-order chi connectivity index (χ0) is 15.8. The van der Waals surface area contributed by atoms with Gasteiger partial charge in [0.05, 0.1) is 16.9 Å². The van der Waals surface area contributed by atoms with Crippen LogP contribution in [0.25, 0.3) is 0 Å². The van der Waals surface area contributed by atoms with Crippen molar-refractivity contribution in [1.82, 2.24) is 9.55 Å². The summed E-state index contributed by atoms with van der Waals surface area (Å²) in [6.45, 7) is 1.64. The fraction of sp³-hybridized carbons (Fsp3) is 0.182. The zero-order valence-electron chi connectivity index (χ0n) is 11.3. The maximum Gasteiger partial charge on any atom is 0.280 e. The standard InChI is InChI=1S/C11H14N4O4S2/c1-8-3-4-9(20(12,16)17)5-10(8)14-21(18,19)11-6-15(2)7-13-11/h3-7,14H,1-2H3,(H2,12,16,17). The molecule has 8 nitrogen and oxygen atoms in total. The van der Waals surface area contributed by atoms with Crippen molar-refractivity contribution in [2.75, 3.05) is 4.72 Å². The molecule has 1 heterocycles.